The van der Waals surface area contributed by atoms with Gasteiger partial charge in [0.15, 0.2) is 5.82 Å². The SMILES string of the molecule is CC(C)Oc1cccc(-c2nnc(SCC(=O)Nc3ccccc3-c3ccccc3)n2N)c1. The molecule has 0 saturated heterocycles. The van der Waals surface area contributed by atoms with Crippen LogP contribution in [0.5, 0.6) is 5.75 Å². The van der Waals surface area contributed by atoms with Gasteiger partial charge in [0.25, 0.3) is 0 Å². The number of nitrogens with one attached hydrogen (secondary N) is 1. The summed E-state index contributed by atoms with van der Waals surface area (Å²) in [6.07, 6.45) is 0.0626. The zero-order valence-corrected chi connectivity index (χ0v) is 19.3. The van der Waals surface area contributed by atoms with Crippen LogP contribution in [0.1, 0.15) is 13.8 Å². The van der Waals surface area contributed by atoms with Crippen molar-refractivity contribution in [1.29, 1.82) is 0 Å². The van der Waals surface area contributed by atoms with E-state index in [0.29, 0.717) is 11.0 Å². The zero-order chi connectivity index (χ0) is 23.2. The molecule has 3 N–H and O–H groups in total. The van der Waals surface area contributed by atoms with Crippen molar-refractivity contribution in [1.82, 2.24) is 14.9 Å². The van der Waals surface area contributed by atoms with Gasteiger partial charge in [-0.15, -0.1) is 10.2 Å². The molecule has 0 unspecified atom stereocenters. The molecule has 8 heteroatoms. The molecule has 7 nitrogen and oxygen atoms in total. The number of para-hydroxylation sites is 1. The van der Waals surface area contributed by atoms with E-state index in [0.717, 1.165) is 28.1 Å². The standard InChI is InChI=1S/C25H25N5O2S/c1-17(2)32-20-12-8-11-19(15-20)24-28-29-25(30(24)26)33-16-23(31)27-22-14-7-6-13-21(22)18-9-4-3-5-10-18/h3-15,17H,16,26H2,1-2H3,(H,27,31). The summed E-state index contributed by atoms with van der Waals surface area (Å²) >= 11 is 1.23. The average molecular weight is 460 g/mol. The van der Waals surface area contributed by atoms with Gasteiger partial charge in [0, 0.05) is 16.8 Å². The number of ether oxygens (including phenoxy) is 1. The van der Waals surface area contributed by atoms with Gasteiger partial charge in [0.2, 0.25) is 11.1 Å². The fraction of sp³-hybridized carbons (Fsp3) is 0.160. The summed E-state index contributed by atoms with van der Waals surface area (Å²) in [5.41, 5.74) is 3.54. The first-order valence-electron chi connectivity index (χ1n) is 10.6. The van der Waals surface area contributed by atoms with Crippen LogP contribution in [0, 0.1) is 0 Å². The zero-order valence-electron chi connectivity index (χ0n) is 18.4. The molecule has 1 aromatic heterocycles. The predicted molar refractivity (Wildman–Crippen MR) is 133 cm³/mol. The Labute approximate surface area is 197 Å². The Bertz CT molecular complexity index is 1240. The second-order valence-corrected chi connectivity index (χ2v) is 8.56. The normalized spacial score (nSPS) is 10.9. The maximum absolute atomic E-state index is 12.7. The molecule has 0 atom stereocenters. The van der Waals surface area contributed by atoms with Crippen LogP contribution in [-0.4, -0.2) is 32.6 Å². The Morgan fingerprint density at radius 3 is 2.52 bits per heavy atom. The van der Waals surface area contributed by atoms with Gasteiger partial charge < -0.3 is 15.9 Å². The first-order valence-corrected chi connectivity index (χ1v) is 11.5. The number of nitrogen functional groups attached to an aromatic ring is 1. The summed E-state index contributed by atoms with van der Waals surface area (Å²) in [5.74, 6) is 7.45. The molecule has 0 radical (unpaired) electrons. The molecule has 4 rings (SSSR count). The lowest BCUT2D eigenvalue weighted by atomic mass is 10.0. The Kier molecular flexibility index (Phi) is 6.95. The molecule has 3 aromatic carbocycles. The van der Waals surface area contributed by atoms with Crippen molar-refractivity contribution >= 4 is 23.4 Å². The lowest BCUT2D eigenvalue weighted by Crippen LogP contribution is -2.17. The highest BCUT2D eigenvalue weighted by Crippen LogP contribution is 2.28. The number of aromatic nitrogens is 3. The van der Waals surface area contributed by atoms with Crippen LogP contribution in [0.4, 0.5) is 5.69 Å². The van der Waals surface area contributed by atoms with Crippen LogP contribution in [-0.2, 0) is 4.79 Å². The highest BCUT2D eigenvalue weighted by atomic mass is 32.2. The number of carbonyl (C=O) groups is 1. The molecule has 0 aliphatic rings. The minimum atomic E-state index is -0.153. The monoisotopic (exact) mass is 459 g/mol. The summed E-state index contributed by atoms with van der Waals surface area (Å²) < 4.78 is 7.14. The van der Waals surface area contributed by atoms with E-state index in [2.05, 4.69) is 15.5 Å². The van der Waals surface area contributed by atoms with Crippen LogP contribution in [0.3, 0.4) is 0 Å². The van der Waals surface area contributed by atoms with Gasteiger partial charge in [0.1, 0.15) is 5.75 Å². The molecule has 0 saturated carbocycles. The van der Waals surface area contributed by atoms with Crippen LogP contribution in [0.2, 0.25) is 0 Å². The van der Waals surface area contributed by atoms with Crippen LogP contribution >= 0.6 is 11.8 Å². The Balaban J connectivity index is 1.43. The number of nitrogens with zero attached hydrogens (tertiary/aromatic N) is 3. The predicted octanol–water partition coefficient (Wildman–Crippen LogP) is 4.84. The van der Waals surface area contributed by atoms with E-state index in [1.54, 1.807) is 0 Å². The Hall–Kier alpha value is -3.78. The molecule has 0 bridgehead atoms. The molecule has 1 heterocycles. The average Bonchev–Trinajstić information content (AvgIpc) is 3.18. The number of nitrogens with two attached hydrogens (primary N) is 1. The van der Waals surface area contributed by atoms with Crippen molar-refractivity contribution in [2.45, 2.75) is 25.1 Å². The number of carbonyl (C=O) groups excluding carboxylic acids is 1. The van der Waals surface area contributed by atoms with Crippen molar-refractivity contribution < 1.29 is 9.53 Å². The van der Waals surface area contributed by atoms with E-state index in [1.165, 1.54) is 16.4 Å². The second kappa shape index (κ2) is 10.2. The lowest BCUT2D eigenvalue weighted by molar-refractivity contribution is -0.113. The van der Waals surface area contributed by atoms with Gasteiger partial charge in [-0.1, -0.05) is 72.4 Å². The van der Waals surface area contributed by atoms with Gasteiger partial charge in [-0.2, -0.15) is 0 Å². The maximum atomic E-state index is 12.7. The highest BCUT2D eigenvalue weighted by molar-refractivity contribution is 7.99. The number of amides is 1. The third kappa shape index (κ3) is 5.53. The number of rotatable bonds is 8. The van der Waals surface area contributed by atoms with Crippen molar-refractivity contribution in [3.8, 4) is 28.3 Å². The van der Waals surface area contributed by atoms with Gasteiger partial charge in [-0.25, -0.2) is 4.68 Å². The van der Waals surface area contributed by atoms with Crippen molar-refractivity contribution in [2.75, 3.05) is 16.9 Å². The Morgan fingerprint density at radius 2 is 1.73 bits per heavy atom. The van der Waals surface area contributed by atoms with E-state index in [4.69, 9.17) is 10.6 Å². The van der Waals surface area contributed by atoms with Gasteiger partial charge in [-0.05, 0) is 37.6 Å². The molecule has 0 fully saturated rings. The van der Waals surface area contributed by atoms with E-state index in [9.17, 15) is 4.79 Å². The first kappa shape index (κ1) is 22.4. The van der Waals surface area contributed by atoms with Crippen LogP contribution in [0.15, 0.2) is 84.0 Å². The van der Waals surface area contributed by atoms with E-state index >= 15 is 0 Å². The summed E-state index contributed by atoms with van der Waals surface area (Å²) in [6, 6.07) is 25.2. The fourth-order valence-corrected chi connectivity index (χ4v) is 3.99. The minimum Gasteiger partial charge on any atom is -0.491 e. The summed E-state index contributed by atoms with van der Waals surface area (Å²) in [5, 5.41) is 11.8. The molecule has 0 aliphatic carbocycles. The van der Waals surface area contributed by atoms with Crippen LogP contribution < -0.4 is 15.9 Å². The van der Waals surface area contributed by atoms with Crippen molar-refractivity contribution in [3.05, 3.63) is 78.9 Å². The van der Waals surface area contributed by atoms with Crippen molar-refractivity contribution in [2.24, 2.45) is 0 Å². The van der Waals surface area contributed by atoms with Crippen LogP contribution in [0.25, 0.3) is 22.5 Å². The molecule has 168 valence electrons. The largest absolute Gasteiger partial charge is 0.491 e. The summed E-state index contributed by atoms with van der Waals surface area (Å²) in [4.78, 5) is 12.7. The van der Waals surface area contributed by atoms with E-state index < -0.39 is 0 Å². The molecular formula is C25H25N5O2S. The molecule has 0 aliphatic heterocycles. The number of benzene rings is 3. The summed E-state index contributed by atoms with van der Waals surface area (Å²) in [7, 11) is 0. The maximum Gasteiger partial charge on any atom is 0.234 e. The smallest absolute Gasteiger partial charge is 0.234 e. The first-order chi connectivity index (χ1) is 16.0. The molecule has 33 heavy (non-hydrogen) atoms. The van der Waals surface area contributed by atoms with Gasteiger partial charge in [0.05, 0.1) is 11.9 Å². The number of anilines is 1. The number of hydrogen-bond acceptors (Lipinski definition) is 6. The molecular weight excluding hydrogens is 434 g/mol. The third-order valence-electron chi connectivity index (χ3n) is 4.75. The second-order valence-electron chi connectivity index (χ2n) is 7.62. The minimum absolute atomic E-state index is 0.0626. The van der Waals surface area contributed by atoms with E-state index in [-0.39, 0.29) is 17.8 Å². The highest BCUT2D eigenvalue weighted by Gasteiger charge is 2.15. The quantitative estimate of drug-likeness (QED) is 0.289. The molecule has 1 amide bonds. The van der Waals surface area contributed by atoms with Crippen molar-refractivity contribution in [3.63, 3.8) is 0 Å². The number of thioether (sulfide) groups is 1. The van der Waals surface area contributed by atoms with Gasteiger partial charge in [-0.3, -0.25) is 4.79 Å². The topological polar surface area (TPSA) is 95.1 Å². The third-order valence-corrected chi connectivity index (χ3v) is 5.69. The Morgan fingerprint density at radius 1 is 1.00 bits per heavy atom. The lowest BCUT2D eigenvalue weighted by Gasteiger charge is -2.11. The molecule has 4 aromatic rings. The van der Waals surface area contributed by atoms with Gasteiger partial charge >= 0.3 is 0 Å². The van der Waals surface area contributed by atoms with E-state index in [1.807, 2.05) is 92.7 Å². The fourth-order valence-electron chi connectivity index (χ4n) is 3.33. The molecule has 0 spiro atoms. The number of hydrogen-bond donors (Lipinski definition) is 2. The summed E-state index contributed by atoms with van der Waals surface area (Å²) in [6.45, 7) is 3.94.